The highest BCUT2D eigenvalue weighted by atomic mass is 35.5. The second-order valence-electron chi connectivity index (χ2n) is 10.1. The Labute approximate surface area is 283 Å². The van der Waals surface area contributed by atoms with Crippen molar-refractivity contribution in [1.82, 2.24) is 10.2 Å². The monoisotopic (exact) mass is 705 g/mol. The number of anilines is 1. The van der Waals surface area contributed by atoms with Crippen molar-refractivity contribution in [2.45, 2.75) is 37.2 Å². The van der Waals surface area contributed by atoms with Gasteiger partial charge in [-0.15, -0.1) is 0 Å². The quantitative estimate of drug-likeness (QED) is 0.155. The number of nitrogens with zero attached hydrogens (tertiary/aromatic N) is 2. The molecule has 0 fully saturated rings. The first-order valence-electron chi connectivity index (χ1n) is 14.1. The Bertz CT molecular complexity index is 1720. The number of rotatable bonds is 13. The third kappa shape index (κ3) is 8.71. The summed E-state index contributed by atoms with van der Waals surface area (Å²) in [6, 6.07) is 25.2. The van der Waals surface area contributed by atoms with E-state index in [4.69, 9.17) is 46.4 Å². The van der Waals surface area contributed by atoms with Crippen LogP contribution in [0.15, 0.2) is 102 Å². The van der Waals surface area contributed by atoms with Crippen LogP contribution in [-0.4, -0.2) is 44.3 Å². The lowest BCUT2D eigenvalue weighted by Crippen LogP contribution is -2.53. The minimum Gasteiger partial charge on any atom is -0.354 e. The zero-order valence-corrected chi connectivity index (χ0v) is 28.1. The maximum atomic E-state index is 14.5. The Balaban J connectivity index is 1.84. The summed E-state index contributed by atoms with van der Waals surface area (Å²) < 4.78 is 29.1. The van der Waals surface area contributed by atoms with Crippen LogP contribution >= 0.6 is 46.4 Å². The molecule has 0 aliphatic rings. The predicted octanol–water partition coefficient (Wildman–Crippen LogP) is 7.66. The molecule has 0 spiro atoms. The first kappa shape index (κ1) is 34.6. The van der Waals surface area contributed by atoms with Crippen molar-refractivity contribution in [2.24, 2.45) is 0 Å². The third-order valence-corrected chi connectivity index (χ3v) is 10.2. The largest absolute Gasteiger partial charge is 0.354 e. The standard InChI is InChI=1S/C33H31Cl4N3O4S/c1-2-18-38-33(42)31(19-23-10-5-3-6-11-23)39(21-26-27(34)14-9-15-28(26)35)32(41)22-40(24-16-17-29(36)30(37)20-24)45(43,44)25-12-7-4-8-13-25/h3-17,20,31H,2,18-19,21-22H2,1H3,(H,38,42). The number of halogens is 4. The summed E-state index contributed by atoms with van der Waals surface area (Å²) in [5.41, 5.74) is 1.34. The molecule has 0 saturated carbocycles. The van der Waals surface area contributed by atoms with E-state index in [0.717, 1.165) is 9.87 Å². The molecular weight excluding hydrogens is 676 g/mol. The average Bonchev–Trinajstić information content (AvgIpc) is 3.03. The van der Waals surface area contributed by atoms with Crippen molar-refractivity contribution in [3.63, 3.8) is 0 Å². The van der Waals surface area contributed by atoms with Crippen LogP contribution in [0.2, 0.25) is 20.1 Å². The molecular formula is C33H31Cl4N3O4S. The van der Waals surface area contributed by atoms with E-state index in [9.17, 15) is 18.0 Å². The summed E-state index contributed by atoms with van der Waals surface area (Å²) in [6.07, 6.45) is 0.830. The maximum absolute atomic E-state index is 14.5. The fraction of sp³-hybridized carbons (Fsp3) is 0.212. The molecule has 1 atom stereocenters. The summed E-state index contributed by atoms with van der Waals surface area (Å²) in [5, 5.41) is 3.81. The number of carbonyl (C=O) groups is 2. The predicted molar refractivity (Wildman–Crippen MR) is 182 cm³/mol. The van der Waals surface area contributed by atoms with Crippen molar-refractivity contribution in [2.75, 3.05) is 17.4 Å². The second kappa shape index (κ2) is 15.8. The number of hydrogen-bond donors (Lipinski definition) is 1. The van der Waals surface area contributed by atoms with Crippen molar-refractivity contribution >= 4 is 73.9 Å². The molecule has 12 heteroatoms. The van der Waals surface area contributed by atoms with Crippen LogP contribution in [0, 0.1) is 0 Å². The van der Waals surface area contributed by atoms with Crippen LogP contribution in [0.25, 0.3) is 0 Å². The summed E-state index contributed by atoms with van der Waals surface area (Å²) >= 11 is 25.5. The van der Waals surface area contributed by atoms with Gasteiger partial charge in [0.05, 0.1) is 20.6 Å². The molecule has 2 amide bonds. The van der Waals surface area contributed by atoms with Gasteiger partial charge in [-0.3, -0.25) is 13.9 Å². The Morgan fingerprint density at radius 2 is 1.40 bits per heavy atom. The van der Waals surface area contributed by atoms with Gasteiger partial charge in [0.2, 0.25) is 11.8 Å². The van der Waals surface area contributed by atoms with Gasteiger partial charge >= 0.3 is 0 Å². The van der Waals surface area contributed by atoms with Crippen molar-refractivity contribution in [3.8, 4) is 0 Å². The van der Waals surface area contributed by atoms with Gasteiger partial charge in [0.25, 0.3) is 10.0 Å². The van der Waals surface area contributed by atoms with Gasteiger partial charge in [-0.1, -0.05) is 108 Å². The van der Waals surface area contributed by atoms with E-state index in [2.05, 4.69) is 5.32 Å². The molecule has 236 valence electrons. The zero-order chi connectivity index (χ0) is 32.6. The highest BCUT2D eigenvalue weighted by Crippen LogP contribution is 2.32. The maximum Gasteiger partial charge on any atom is 0.264 e. The highest BCUT2D eigenvalue weighted by Gasteiger charge is 2.35. The number of carbonyl (C=O) groups excluding carboxylic acids is 2. The molecule has 7 nitrogen and oxygen atoms in total. The zero-order valence-electron chi connectivity index (χ0n) is 24.3. The molecule has 1 N–H and O–H groups in total. The Morgan fingerprint density at radius 3 is 2.00 bits per heavy atom. The van der Waals surface area contributed by atoms with Crippen LogP contribution in [0.3, 0.4) is 0 Å². The van der Waals surface area contributed by atoms with Gasteiger partial charge in [-0.05, 0) is 54.4 Å². The lowest BCUT2D eigenvalue weighted by Gasteiger charge is -2.34. The van der Waals surface area contributed by atoms with Gasteiger partial charge in [0.1, 0.15) is 12.6 Å². The molecule has 0 bridgehead atoms. The van der Waals surface area contributed by atoms with Gasteiger partial charge in [0.15, 0.2) is 0 Å². The Hall–Kier alpha value is -3.27. The topological polar surface area (TPSA) is 86.8 Å². The minimum absolute atomic E-state index is 0.0360. The highest BCUT2D eigenvalue weighted by molar-refractivity contribution is 7.92. The third-order valence-electron chi connectivity index (χ3n) is 7.01. The van der Waals surface area contributed by atoms with Crippen LogP contribution in [-0.2, 0) is 32.6 Å². The van der Waals surface area contributed by atoms with Gasteiger partial charge in [-0.25, -0.2) is 8.42 Å². The smallest absolute Gasteiger partial charge is 0.264 e. The van der Waals surface area contributed by atoms with E-state index >= 15 is 0 Å². The van der Waals surface area contributed by atoms with E-state index in [1.807, 2.05) is 37.3 Å². The first-order chi connectivity index (χ1) is 21.5. The average molecular weight is 708 g/mol. The first-order valence-corrected chi connectivity index (χ1v) is 17.0. The van der Waals surface area contributed by atoms with E-state index in [1.54, 1.807) is 36.4 Å². The summed E-state index contributed by atoms with van der Waals surface area (Å²) in [6.45, 7) is 1.48. The molecule has 0 saturated heterocycles. The Morgan fingerprint density at radius 1 is 0.778 bits per heavy atom. The van der Waals surface area contributed by atoms with E-state index < -0.39 is 34.4 Å². The second-order valence-corrected chi connectivity index (χ2v) is 13.6. The van der Waals surface area contributed by atoms with E-state index in [1.165, 1.54) is 35.2 Å². The number of sulfonamides is 1. The van der Waals surface area contributed by atoms with Gasteiger partial charge in [0, 0.05) is 35.1 Å². The van der Waals surface area contributed by atoms with Crippen LogP contribution < -0.4 is 9.62 Å². The van der Waals surface area contributed by atoms with E-state index in [-0.39, 0.29) is 33.6 Å². The molecule has 45 heavy (non-hydrogen) atoms. The van der Waals surface area contributed by atoms with Crippen molar-refractivity contribution in [1.29, 1.82) is 0 Å². The molecule has 4 aromatic rings. The van der Waals surface area contributed by atoms with Gasteiger partial charge in [-0.2, -0.15) is 0 Å². The molecule has 1 unspecified atom stereocenters. The van der Waals surface area contributed by atoms with Crippen LogP contribution in [0.5, 0.6) is 0 Å². The number of amides is 2. The Kier molecular flexibility index (Phi) is 12.2. The molecule has 0 aliphatic carbocycles. The normalized spacial score (nSPS) is 11.9. The van der Waals surface area contributed by atoms with Gasteiger partial charge < -0.3 is 10.2 Å². The number of benzene rings is 4. The van der Waals surface area contributed by atoms with Crippen LogP contribution in [0.4, 0.5) is 5.69 Å². The molecule has 0 radical (unpaired) electrons. The number of nitrogens with one attached hydrogen (secondary N) is 1. The number of hydrogen-bond acceptors (Lipinski definition) is 4. The summed E-state index contributed by atoms with van der Waals surface area (Å²) in [7, 11) is -4.29. The minimum atomic E-state index is -4.29. The molecule has 4 aromatic carbocycles. The SMILES string of the molecule is CCCNC(=O)C(Cc1ccccc1)N(Cc1c(Cl)cccc1Cl)C(=O)CN(c1ccc(Cl)c(Cl)c1)S(=O)(=O)c1ccccc1. The van der Waals surface area contributed by atoms with Crippen LogP contribution in [0.1, 0.15) is 24.5 Å². The van der Waals surface area contributed by atoms with E-state index in [0.29, 0.717) is 28.6 Å². The van der Waals surface area contributed by atoms with Crippen molar-refractivity contribution < 1.29 is 18.0 Å². The summed E-state index contributed by atoms with van der Waals surface area (Å²) in [5.74, 6) is -1.06. The lowest BCUT2D eigenvalue weighted by molar-refractivity contribution is -0.140. The van der Waals surface area contributed by atoms with Crippen molar-refractivity contribution in [3.05, 3.63) is 128 Å². The fourth-order valence-corrected chi connectivity index (χ4v) is 6.90. The molecule has 0 aliphatic heterocycles. The molecule has 0 aromatic heterocycles. The fourth-order valence-electron chi connectivity index (χ4n) is 4.66. The summed E-state index contributed by atoms with van der Waals surface area (Å²) in [4.78, 5) is 29.5. The molecule has 4 rings (SSSR count). The molecule has 0 heterocycles. The lowest BCUT2D eigenvalue weighted by atomic mass is 10.0.